The molecule has 0 N–H and O–H groups in total. The number of benzene rings is 2. The van der Waals surface area contributed by atoms with Crippen molar-refractivity contribution in [3.63, 3.8) is 0 Å². The maximum atomic E-state index is 12.4. The number of unbranched alkanes of at least 4 members (excludes halogenated alkanes) is 1. The largest absolute Gasteiger partial charge is 0.356 e. The Morgan fingerprint density at radius 3 is 2.48 bits per heavy atom. The zero-order chi connectivity index (χ0) is 15.1. The number of ketones is 1. The summed E-state index contributed by atoms with van der Waals surface area (Å²) >= 11 is 0. The van der Waals surface area contributed by atoms with E-state index in [2.05, 4.69) is 0 Å². The van der Waals surface area contributed by atoms with Crippen LogP contribution in [0.1, 0.15) is 36.0 Å². The normalized spacial score (nSPS) is 11.2. The molecule has 0 aliphatic rings. The highest BCUT2D eigenvalue weighted by molar-refractivity contribution is 6.08. The second-order valence-electron chi connectivity index (χ2n) is 5.10. The number of methoxy groups -OCH3 is 2. The number of hydrogen-bond donors (Lipinski definition) is 0. The van der Waals surface area contributed by atoms with Crippen molar-refractivity contribution in [2.24, 2.45) is 0 Å². The molecule has 0 spiro atoms. The Kier molecular flexibility index (Phi) is 5.90. The number of hydrogen-bond acceptors (Lipinski definition) is 3. The molecular formula is C18H22O3. The van der Waals surface area contributed by atoms with Gasteiger partial charge in [-0.15, -0.1) is 0 Å². The number of ether oxygens (including phenoxy) is 2. The van der Waals surface area contributed by atoms with Crippen molar-refractivity contribution in [3.8, 4) is 0 Å². The van der Waals surface area contributed by atoms with Gasteiger partial charge in [-0.1, -0.05) is 42.5 Å². The van der Waals surface area contributed by atoms with E-state index < -0.39 is 0 Å². The molecule has 0 atom stereocenters. The van der Waals surface area contributed by atoms with E-state index in [1.165, 1.54) is 0 Å². The molecule has 0 radical (unpaired) electrons. The van der Waals surface area contributed by atoms with Gasteiger partial charge in [-0.25, -0.2) is 0 Å². The molecular weight excluding hydrogens is 264 g/mol. The molecule has 2 aromatic carbocycles. The number of Topliss-reactive ketones (excluding diaryl/α,β-unsaturated/α-hetero) is 1. The first-order valence-corrected chi connectivity index (χ1v) is 7.33. The van der Waals surface area contributed by atoms with Crippen LogP contribution >= 0.6 is 0 Å². The van der Waals surface area contributed by atoms with E-state index in [4.69, 9.17) is 9.47 Å². The second kappa shape index (κ2) is 7.91. The molecule has 3 nitrogen and oxygen atoms in total. The molecule has 3 heteroatoms. The van der Waals surface area contributed by atoms with Gasteiger partial charge in [0.25, 0.3) is 0 Å². The van der Waals surface area contributed by atoms with E-state index in [1.807, 2.05) is 42.5 Å². The first-order chi connectivity index (χ1) is 10.3. The Labute approximate surface area is 125 Å². The van der Waals surface area contributed by atoms with Crippen LogP contribution < -0.4 is 0 Å². The summed E-state index contributed by atoms with van der Waals surface area (Å²) in [6, 6.07) is 13.9. The summed E-state index contributed by atoms with van der Waals surface area (Å²) in [5.74, 6) is 0.207. The third-order valence-corrected chi connectivity index (χ3v) is 3.71. The standard InChI is InChI=1S/C18H22O3/c1-20-18(21-2)13-6-5-12-17(19)16-11-7-9-14-8-3-4-10-15(14)16/h3-4,7-11,18H,5-6,12-13H2,1-2H3. The summed E-state index contributed by atoms with van der Waals surface area (Å²) in [6.07, 6.45) is 2.98. The van der Waals surface area contributed by atoms with Crippen LogP contribution in [0, 0.1) is 0 Å². The van der Waals surface area contributed by atoms with Crippen LogP contribution in [0.2, 0.25) is 0 Å². The molecule has 0 amide bonds. The van der Waals surface area contributed by atoms with Crippen molar-refractivity contribution < 1.29 is 14.3 Å². The Morgan fingerprint density at radius 2 is 1.71 bits per heavy atom. The SMILES string of the molecule is COC(CCCCC(=O)c1cccc2ccccc12)OC. The summed E-state index contributed by atoms with van der Waals surface area (Å²) in [4.78, 5) is 12.4. The predicted octanol–water partition coefficient (Wildman–Crippen LogP) is 4.20. The van der Waals surface area contributed by atoms with Crippen LogP contribution in [0.15, 0.2) is 42.5 Å². The van der Waals surface area contributed by atoms with Crippen molar-refractivity contribution in [3.05, 3.63) is 48.0 Å². The van der Waals surface area contributed by atoms with Gasteiger partial charge in [-0.2, -0.15) is 0 Å². The van der Waals surface area contributed by atoms with E-state index in [9.17, 15) is 4.79 Å². The fourth-order valence-electron chi connectivity index (χ4n) is 2.53. The second-order valence-corrected chi connectivity index (χ2v) is 5.10. The zero-order valence-corrected chi connectivity index (χ0v) is 12.7. The van der Waals surface area contributed by atoms with Gasteiger partial charge in [0, 0.05) is 26.2 Å². The predicted molar refractivity (Wildman–Crippen MR) is 84.6 cm³/mol. The van der Waals surface area contributed by atoms with Crippen LogP contribution in [0.25, 0.3) is 10.8 Å². The Balaban J connectivity index is 1.94. The van der Waals surface area contributed by atoms with Gasteiger partial charge in [-0.05, 0) is 30.0 Å². The number of fused-ring (bicyclic) bond motifs is 1. The van der Waals surface area contributed by atoms with Crippen LogP contribution in [0.3, 0.4) is 0 Å². The molecule has 0 heterocycles. The Bertz CT molecular complexity index is 583. The lowest BCUT2D eigenvalue weighted by Crippen LogP contribution is -2.12. The summed E-state index contributed by atoms with van der Waals surface area (Å²) in [6.45, 7) is 0. The van der Waals surface area contributed by atoms with Crippen LogP contribution in [-0.4, -0.2) is 26.3 Å². The maximum Gasteiger partial charge on any atom is 0.163 e. The third-order valence-electron chi connectivity index (χ3n) is 3.71. The lowest BCUT2D eigenvalue weighted by Gasteiger charge is -2.12. The zero-order valence-electron chi connectivity index (χ0n) is 12.7. The molecule has 21 heavy (non-hydrogen) atoms. The fraction of sp³-hybridized carbons (Fsp3) is 0.389. The molecule has 2 rings (SSSR count). The Hall–Kier alpha value is -1.71. The Morgan fingerprint density at radius 1 is 1.00 bits per heavy atom. The van der Waals surface area contributed by atoms with Crippen molar-refractivity contribution in [2.75, 3.05) is 14.2 Å². The molecule has 2 aromatic rings. The average Bonchev–Trinajstić information content (AvgIpc) is 2.54. The quantitative estimate of drug-likeness (QED) is 0.414. The summed E-state index contributed by atoms with van der Waals surface area (Å²) in [5.41, 5.74) is 0.822. The smallest absolute Gasteiger partial charge is 0.163 e. The first-order valence-electron chi connectivity index (χ1n) is 7.33. The lowest BCUT2D eigenvalue weighted by molar-refractivity contribution is -0.107. The van der Waals surface area contributed by atoms with Crippen molar-refractivity contribution in [2.45, 2.75) is 32.0 Å². The van der Waals surface area contributed by atoms with E-state index in [1.54, 1.807) is 14.2 Å². The monoisotopic (exact) mass is 286 g/mol. The number of carbonyl (C=O) groups is 1. The third kappa shape index (κ3) is 4.13. The fourth-order valence-corrected chi connectivity index (χ4v) is 2.53. The topological polar surface area (TPSA) is 35.5 Å². The lowest BCUT2D eigenvalue weighted by atomic mass is 9.98. The van der Waals surface area contributed by atoms with Gasteiger partial charge in [0.15, 0.2) is 12.1 Å². The maximum absolute atomic E-state index is 12.4. The van der Waals surface area contributed by atoms with E-state index in [-0.39, 0.29) is 12.1 Å². The van der Waals surface area contributed by atoms with Crippen LogP contribution in [-0.2, 0) is 9.47 Å². The van der Waals surface area contributed by atoms with Crippen molar-refractivity contribution in [1.29, 1.82) is 0 Å². The molecule has 0 aromatic heterocycles. The molecule has 0 fully saturated rings. The van der Waals surface area contributed by atoms with Gasteiger partial charge in [0.05, 0.1) is 0 Å². The van der Waals surface area contributed by atoms with Crippen LogP contribution in [0.5, 0.6) is 0 Å². The average molecular weight is 286 g/mol. The number of carbonyl (C=O) groups excluding carboxylic acids is 1. The molecule has 0 saturated heterocycles. The van der Waals surface area contributed by atoms with E-state index >= 15 is 0 Å². The molecule has 0 aliphatic carbocycles. The van der Waals surface area contributed by atoms with E-state index in [0.717, 1.165) is 35.6 Å². The molecule has 0 saturated carbocycles. The molecule has 0 unspecified atom stereocenters. The number of rotatable bonds is 8. The van der Waals surface area contributed by atoms with Crippen LogP contribution in [0.4, 0.5) is 0 Å². The molecule has 112 valence electrons. The molecule has 0 bridgehead atoms. The van der Waals surface area contributed by atoms with Gasteiger partial charge < -0.3 is 9.47 Å². The van der Waals surface area contributed by atoms with Gasteiger partial charge in [0.2, 0.25) is 0 Å². The summed E-state index contributed by atoms with van der Waals surface area (Å²) in [7, 11) is 3.27. The van der Waals surface area contributed by atoms with Gasteiger partial charge in [0.1, 0.15) is 0 Å². The first kappa shape index (κ1) is 15.7. The van der Waals surface area contributed by atoms with E-state index in [0.29, 0.717) is 6.42 Å². The van der Waals surface area contributed by atoms with Crippen molar-refractivity contribution in [1.82, 2.24) is 0 Å². The highest BCUT2D eigenvalue weighted by Crippen LogP contribution is 2.20. The summed E-state index contributed by atoms with van der Waals surface area (Å²) in [5, 5.41) is 2.15. The van der Waals surface area contributed by atoms with Crippen molar-refractivity contribution >= 4 is 16.6 Å². The van der Waals surface area contributed by atoms with Gasteiger partial charge >= 0.3 is 0 Å². The minimum atomic E-state index is -0.169. The highest BCUT2D eigenvalue weighted by atomic mass is 16.7. The summed E-state index contributed by atoms with van der Waals surface area (Å²) < 4.78 is 10.3. The highest BCUT2D eigenvalue weighted by Gasteiger charge is 2.10. The molecule has 0 aliphatic heterocycles. The minimum Gasteiger partial charge on any atom is -0.356 e. The van der Waals surface area contributed by atoms with Gasteiger partial charge in [-0.3, -0.25) is 4.79 Å². The minimum absolute atomic E-state index is 0.169.